The fraction of sp³-hybridized carbons (Fsp3) is 0.231. The monoisotopic (exact) mass is 254 g/mol. The lowest BCUT2D eigenvalue weighted by Gasteiger charge is -2.18. The zero-order chi connectivity index (χ0) is 13.5. The summed E-state index contributed by atoms with van der Waals surface area (Å²) in [6, 6.07) is 7.74. The number of nitrogens with zero attached hydrogens (tertiary/aromatic N) is 5. The number of pyridine rings is 1. The maximum atomic E-state index is 8.50. The van der Waals surface area contributed by atoms with E-state index >= 15 is 0 Å². The second kappa shape index (κ2) is 6.31. The van der Waals surface area contributed by atoms with Crippen LogP contribution >= 0.6 is 0 Å². The highest BCUT2D eigenvalue weighted by Gasteiger charge is 2.06. The lowest BCUT2D eigenvalue weighted by molar-refractivity contribution is 1.03. The van der Waals surface area contributed by atoms with E-state index in [1.807, 2.05) is 30.1 Å². The second-order valence-corrected chi connectivity index (χ2v) is 3.87. The van der Waals surface area contributed by atoms with Crippen molar-refractivity contribution in [3.05, 3.63) is 36.9 Å². The first-order chi connectivity index (χ1) is 9.31. The van der Waals surface area contributed by atoms with Crippen molar-refractivity contribution in [2.75, 3.05) is 23.8 Å². The molecule has 0 saturated heterocycles. The highest BCUT2D eigenvalue weighted by Crippen LogP contribution is 2.21. The van der Waals surface area contributed by atoms with Crippen LogP contribution in [0.15, 0.2) is 36.9 Å². The third kappa shape index (κ3) is 3.39. The Hall–Kier alpha value is -2.68. The van der Waals surface area contributed by atoms with Crippen molar-refractivity contribution in [2.24, 2.45) is 0 Å². The van der Waals surface area contributed by atoms with E-state index in [1.54, 1.807) is 12.4 Å². The molecule has 2 aromatic rings. The summed E-state index contributed by atoms with van der Waals surface area (Å²) in [5.74, 6) is 1.47. The van der Waals surface area contributed by atoms with Gasteiger partial charge < -0.3 is 10.2 Å². The molecule has 2 heterocycles. The summed E-state index contributed by atoms with van der Waals surface area (Å²) in [4.78, 5) is 14.3. The summed E-state index contributed by atoms with van der Waals surface area (Å²) in [5.41, 5.74) is 0.948. The largest absolute Gasteiger partial charge is 0.369 e. The topological polar surface area (TPSA) is 77.7 Å². The van der Waals surface area contributed by atoms with Gasteiger partial charge in [-0.2, -0.15) is 5.26 Å². The Kier molecular flexibility index (Phi) is 4.24. The molecule has 96 valence electrons. The molecule has 0 atom stereocenters. The van der Waals surface area contributed by atoms with E-state index in [2.05, 4.69) is 26.3 Å². The third-order valence-corrected chi connectivity index (χ3v) is 2.57. The van der Waals surface area contributed by atoms with Gasteiger partial charge in [0, 0.05) is 25.9 Å². The maximum Gasteiger partial charge on any atom is 0.138 e. The van der Waals surface area contributed by atoms with Gasteiger partial charge in [0.2, 0.25) is 0 Å². The molecule has 2 rings (SSSR count). The molecule has 6 nitrogen and oxygen atoms in total. The number of anilines is 3. The van der Waals surface area contributed by atoms with Crippen LogP contribution in [0.2, 0.25) is 0 Å². The number of nitrogens with one attached hydrogen (secondary N) is 1. The van der Waals surface area contributed by atoms with Crippen molar-refractivity contribution in [1.82, 2.24) is 15.0 Å². The molecule has 0 aliphatic heterocycles. The number of aromatic nitrogens is 3. The Balaban J connectivity index is 2.12. The van der Waals surface area contributed by atoms with Gasteiger partial charge in [-0.1, -0.05) is 0 Å². The van der Waals surface area contributed by atoms with Crippen LogP contribution in [0.1, 0.15) is 6.42 Å². The van der Waals surface area contributed by atoms with Crippen LogP contribution < -0.4 is 10.2 Å². The molecule has 19 heavy (non-hydrogen) atoms. The fourth-order valence-electron chi connectivity index (χ4n) is 1.56. The minimum atomic E-state index is 0.442. The summed E-state index contributed by atoms with van der Waals surface area (Å²) < 4.78 is 0. The average molecular weight is 254 g/mol. The first-order valence-corrected chi connectivity index (χ1v) is 5.88. The van der Waals surface area contributed by atoms with Crippen LogP contribution in [0.3, 0.4) is 0 Å². The molecule has 2 aromatic heterocycles. The van der Waals surface area contributed by atoms with Crippen molar-refractivity contribution < 1.29 is 0 Å². The fourth-order valence-corrected chi connectivity index (χ4v) is 1.56. The minimum absolute atomic E-state index is 0.442. The Morgan fingerprint density at radius 1 is 1.42 bits per heavy atom. The lowest BCUT2D eigenvalue weighted by Crippen LogP contribution is -2.12. The molecule has 0 aromatic carbocycles. The molecule has 6 heteroatoms. The van der Waals surface area contributed by atoms with Crippen molar-refractivity contribution in [3.63, 3.8) is 0 Å². The summed E-state index contributed by atoms with van der Waals surface area (Å²) in [5, 5.41) is 11.6. The summed E-state index contributed by atoms with van der Waals surface area (Å²) in [7, 11) is 1.92. The van der Waals surface area contributed by atoms with E-state index < -0.39 is 0 Å². The van der Waals surface area contributed by atoms with E-state index in [4.69, 9.17) is 5.26 Å². The molecule has 0 amide bonds. The molecule has 0 saturated carbocycles. The molecule has 0 unspecified atom stereocenters. The van der Waals surface area contributed by atoms with Gasteiger partial charge in [0.25, 0.3) is 0 Å². The second-order valence-electron chi connectivity index (χ2n) is 3.87. The molecule has 0 spiro atoms. The van der Waals surface area contributed by atoms with Crippen LogP contribution in [0.25, 0.3) is 0 Å². The highest BCUT2D eigenvalue weighted by atomic mass is 15.2. The molecule has 0 aliphatic carbocycles. The molecule has 0 fully saturated rings. The van der Waals surface area contributed by atoms with Crippen LogP contribution in [0.4, 0.5) is 17.3 Å². The van der Waals surface area contributed by atoms with E-state index in [9.17, 15) is 0 Å². The van der Waals surface area contributed by atoms with Gasteiger partial charge in [-0.15, -0.1) is 0 Å². The van der Waals surface area contributed by atoms with Crippen molar-refractivity contribution in [1.29, 1.82) is 5.26 Å². The van der Waals surface area contributed by atoms with E-state index in [-0.39, 0.29) is 0 Å². The predicted molar refractivity (Wildman–Crippen MR) is 73.1 cm³/mol. The lowest BCUT2D eigenvalue weighted by atomic mass is 10.3. The van der Waals surface area contributed by atoms with Crippen molar-refractivity contribution in [3.8, 4) is 6.07 Å². The van der Waals surface area contributed by atoms with Gasteiger partial charge >= 0.3 is 0 Å². The molecule has 0 bridgehead atoms. The van der Waals surface area contributed by atoms with E-state index in [0.717, 1.165) is 11.5 Å². The number of hydrogen-bond donors (Lipinski definition) is 1. The SMILES string of the molecule is CN(c1cccnc1)c1cc(NCCC#N)ncn1. The zero-order valence-electron chi connectivity index (χ0n) is 10.6. The van der Waals surface area contributed by atoms with Crippen molar-refractivity contribution >= 4 is 17.3 Å². The molecule has 0 radical (unpaired) electrons. The van der Waals surface area contributed by atoms with Crippen molar-refractivity contribution in [2.45, 2.75) is 6.42 Å². The Morgan fingerprint density at radius 2 is 2.32 bits per heavy atom. The average Bonchev–Trinajstić information content (AvgIpc) is 2.48. The summed E-state index contributed by atoms with van der Waals surface area (Å²) >= 11 is 0. The third-order valence-electron chi connectivity index (χ3n) is 2.57. The van der Waals surface area contributed by atoms with Gasteiger partial charge in [0.1, 0.15) is 18.0 Å². The van der Waals surface area contributed by atoms with E-state index in [1.165, 1.54) is 6.33 Å². The Bertz CT molecular complexity index is 563. The Morgan fingerprint density at radius 3 is 3.05 bits per heavy atom. The number of hydrogen-bond acceptors (Lipinski definition) is 6. The Labute approximate surface area is 111 Å². The summed E-state index contributed by atoms with van der Waals surface area (Å²) in [6.07, 6.45) is 5.44. The molecular weight excluding hydrogens is 240 g/mol. The predicted octanol–water partition coefficient (Wildman–Crippen LogP) is 1.97. The summed E-state index contributed by atoms with van der Waals surface area (Å²) in [6.45, 7) is 0.573. The van der Waals surface area contributed by atoms with Crippen LogP contribution in [0.5, 0.6) is 0 Å². The van der Waals surface area contributed by atoms with Gasteiger partial charge in [-0.25, -0.2) is 9.97 Å². The first kappa shape index (κ1) is 12.8. The van der Waals surface area contributed by atoms with Crippen LogP contribution in [-0.2, 0) is 0 Å². The van der Waals surface area contributed by atoms with Crippen LogP contribution in [-0.4, -0.2) is 28.5 Å². The van der Waals surface area contributed by atoms with Gasteiger partial charge in [-0.05, 0) is 12.1 Å². The van der Waals surface area contributed by atoms with Crippen LogP contribution in [0, 0.1) is 11.3 Å². The number of nitriles is 1. The quantitative estimate of drug-likeness (QED) is 0.822. The van der Waals surface area contributed by atoms with E-state index in [0.29, 0.717) is 18.8 Å². The van der Waals surface area contributed by atoms with Gasteiger partial charge in [0.05, 0.1) is 24.4 Å². The standard InChI is InChI=1S/C13H14N6/c1-19(11-4-2-6-15-9-11)13-8-12(17-10-18-13)16-7-3-5-14/h2,4,6,8-10H,3,7H2,1H3,(H,16,17,18). The molecule has 0 aliphatic rings. The highest BCUT2D eigenvalue weighted by molar-refractivity contribution is 5.60. The molecular formula is C13H14N6. The van der Waals surface area contributed by atoms with Gasteiger partial charge in [0.15, 0.2) is 0 Å². The minimum Gasteiger partial charge on any atom is -0.369 e. The molecule has 1 N–H and O–H groups in total. The normalized spacial score (nSPS) is 9.68. The maximum absolute atomic E-state index is 8.50. The number of rotatable bonds is 5. The smallest absolute Gasteiger partial charge is 0.138 e. The first-order valence-electron chi connectivity index (χ1n) is 5.88. The van der Waals surface area contributed by atoms with Gasteiger partial charge in [-0.3, -0.25) is 4.98 Å². The zero-order valence-corrected chi connectivity index (χ0v) is 10.6.